The van der Waals surface area contributed by atoms with Gasteiger partial charge in [0.2, 0.25) is 0 Å². The van der Waals surface area contributed by atoms with E-state index < -0.39 is 0 Å². The molecule has 0 heteroatoms. The Kier molecular flexibility index (Phi) is 3.08. The largest absolute Gasteiger partial charge is 0.0851 e. The number of hydrogen-bond acceptors (Lipinski definition) is 0. The van der Waals surface area contributed by atoms with Crippen molar-refractivity contribution in [3.63, 3.8) is 0 Å². The summed E-state index contributed by atoms with van der Waals surface area (Å²) in [6, 6.07) is 0. The molecule has 0 heterocycles. The lowest BCUT2D eigenvalue weighted by molar-refractivity contribution is 0.306. The van der Waals surface area contributed by atoms with Crippen molar-refractivity contribution < 1.29 is 0 Å². The first-order valence-corrected chi connectivity index (χ1v) is 6.05. The molecule has 2 aliphatic carbocycles. The van der Waals surface area contributed by atoms with E-state index in [1.54, 1.807) is 0 Å². The average molecular weight is 178 g/mol. The normalized spacial score (nSPS) is 35.6. The van der Waals surface area contributed by atoms with Crippen LogP contribution in [0.3, 0.4) is 0 Å². The SMILES string of the molecule is CC1CCCC(C2=CCCCC2)C1. The molecule has 0 radical (unpaired) electrons. The van der Waals surface area contributed by atoms with Crippen molar-refractivity contribution in [1.29, 1.82) is 0 Å². The molecule has 2 atom stereocenters. The summed E-state index contributed by atoms with van der Waals surface area (Å²) in [7, 11) is 0. The second-order valence-corrected chi connectivity index (χ2v) is 4.99. The molecule has 2 unspecified atom stereocenters. The molecule has 0 N–H and O–H groups in total. The number of allylic oxidation sites excluding steroid dienone is 2. The lowest BCUT2D eigenvalue weighted by Gasteiger charge is -2.30. The van der Waals surface area contributed by atoms with Gasteiger partial charge in [-0.2, -0.15) is 0 Å². The fourth-order valence-corrected chi connectivity index (χ4v) is 3.00. The van der Waals surface area contributed by atoms with Gasteiger partial charge in [0.05, 0.1) is 0 Å². The predicted molar refractivity (Wildman–Crippen MR) is 57.7 cm³/mol. The van der Waals surface area contributed by atoms with E-state index in [2.05, 4.69) is 13.0 Å². The minimum absolute atomic E-state index is 0.976. The number of rotatable bonds is 1. The second kappa shape index (κ2) is 4.30. The van der Waals surface area contributed by atoms with Crippen molar-refractivity contribution in [3.8, 4) is 0 Å². The molecule has 1 saturated carbocycles. The maximum Gasteiger partial charge on any atom is -0.0201 e. The lowest BCUT2D eigenvalue weighted by atomic mass is 9.76. The third-order valence-electron chi connectivity index (χ3n) is 3.79. The molecule has 2 aliphatic rings. The Balaban J connectivity index is 1.94. The minimum atomic E-state index is 0.976. The van der Waals surface area contributed by atoms with Crippen LogP contribution in [0.2, 0.25) is 0 Å². The van der Waals surface area contributed by atoms with Crippen LogP contribution in [0.4, 0.5) is 0 Å². The van der Waals surface area contributed by atoms with E-state index in [1.807, 2.05) is 5.57 Å². The van der Waals surface area contributed by atoms with Crippen molar-refractivity contribution in [3.05, 3.63) is 11.6 Å². The van der Waals surface area contributed by atoms with E-state index in [0.29, 0.717) is 0 Å². The smallest absolute Gasteiger partial charge is 0.0201 e. The highest BCUT2D eigenvalue weighted by Gasteiger charge is 2.22. The molecule has 0 aromatic carbocycles. The Morgan fingerprint density at radius 3 is 2.77 bits per heavy atom. The molecular formula is C13H22. The van der Waals surface area contributed by atoms with Gasteiger partial charge < -0.3 is 0 Å². The van der Waals surface area contributed by atoms with Crippen LogP contribution in [-0.2, 0) is 0 Å². The van der Waals surface area contributed by atoms with Gasteiger partial charge in [0.1, 0.15) is 0 Å². The quantitative estimate of drug-likeness (QED) is 0.525. The summed E-state index contributed by atoms with van der Waals surface area (Å²) < 4.78 is 0. The van der Waals surface area contributed by atoms with Crippen molar-refractivity contribution in [2.75, 3.05) is 0 Å². The second-order valence-electron chi connectivity index (χ2n) is 4.99. The molecule has 0 amide bonds. The van der Waals surface area contributed by atoms with Crippen LogP contribution in [0.1, 0.15) is 58.3 Å². The summed E-state index contributed by atoms with van der Waals surface area (Å²) >= 11 is 0. The Hall–Kier alpha value is -0.260. The van der Waals surface area contributed by atoms with E-state index in [1.165, 1.54) is 51.4 Å². The third kappa shape index (κ3) is 2.36. The van der Waals surface area contributed by atoms with Gasteiger partial charge in [-0.15, -0.1) is 0 Å². The van der Waals surface area contributed by atoms with Gasteiger partial charge in [-0.1, -0.05) is 31.4 Å². The molecule has 0 aliphatic heterocycles. The molecule has 0 spiro atoms. The monoisotopic (exact) mass is 178 g/mol. The molecular weight excluding hydrogens is 156 g/mol. The van der Waals surface area contributed by atoms with Gasteiger partial charge in [-0.05, 0) is 50.4 Å². The van der Waals surface area contributed by atoms with Gasteiger partial charge in [-0.3, -0.25) is 0 Å². The molecule has 0 nitrogen and oxygen atoms in total. The maximum absolute atomic E-state index is 2.55. The lowest BCUT2D eigenvalue weighted by Crippen LogP contribution is -2.16. The maximum atomic E-state index is 2.55. The highest BCUT2D eigenvalue weighted by atomic mass is 14.3. The Morgan fingerprint density at radius 1 is 1.15 bits per heavy atom. The first-order chi connectivity index (χ1) is 6.36. The van der Waals surface area contributed by atoms with Crippen LogP contribution in [0, 0.1) is 11.8 Å². The van der Waals surface area contributed by atoms with E-state index in [-0.39, 0.29) is 0 Å². The molecule has 1 fully saturated rings. The van der Waals surface area contributed by atoms with E-state index in [4.69, 9.17) is 0 Å². The van der Waals surface area contributed by atoms with Crippen LogP contribution in [0.15, 0.2) is 11.6 Å². The van der Waals surface area contributed by atoms with E-state index >= 15 is 0 Å². The van der Waals surface area contributed by atoms with Crippen molar-refractivity contribution in [1.82, 2.24) is 0 Å². The highest BCUT2D eigenvalue weighted by molar-refractivity contribution is 5.10. The van der Waals surface area contributed by atoms with Crippen LogP contribution in [-0.4, -0.2) is 0 Å². The topological polar surface area (TPSA) is 0 Å². The summed E-state index contributed by atoms with van der Waals surface area (Å²) in [6.07, 6.45) is 14.1. The van der Waals surface area contributed by atoms with Gasteiger partial charge in [0.15, 0.2) is 0 Å². The van der Waals surface area contributed by atoms with Crippen LogP contribution in [0.5, 0.6) is 0 Å². The Bertz CT molecular complexity index is 190. The summed E-state index contributed by atoms with van der Waals surface area (Å²) in [5.41, 5.74) is 1.82. The zero-order chi connectivity index (χ0) is 9.10. The highest BCUT2D eigenvalue weighted by Crippen LogP contribution is 2.36. The van der Waals surface area contributed by atoms with Gasteiger partial charge in [-0.25, -0.2) is 0 Å². The van der Waals surface area contributed by atoms with Crippen molar-refractivity contribution >= 4 is 0 Å². The summed E-state index contributed by atoms with van der Waals surface area (Å²) in [6.45, 7) is 2.43. The summed E-state index contributed by atoms with van der Waals surface area (Å²) in [4.78, 5) is 0. The first kappa shape index (κ1) is 9.30. The van der Waals surface area contributed by atoms with Crippen LogP contribution in [0.25, 0.3) is 0 Å². The van der Waals surface area contributed by atoms with Crippen molar-refractivity contribution in [2.45, 2.75) is 58.3 Å². The van der Waals surface area contributed by atoms with Gasteiger partial charge in [0.25, 0.3) is 0 Å². The van der Waals surface area contributed by atoms with E-state index in [0.717, 1.165) is 11.8 Å². The molecule has 0 bridgehead atoms. The standard InChI is InChI=1S/C13H22/c1-11-6-5-9-13(10-11)12-7-3-2-4-8-12/h7,11,13H,2-6,8-10H2,1H3. The molecule has 0 saturated heterocycles. The predicted octanol–water partition coefficient (Wildman–Crippen LogP) is 4.31. The minimum Gasteiger partial charge on any atom is -0.0851 e. The Morgan fingerprint density at radius 2 is 2.08 bits per heavy atom. The molecule has 2 rings (SSSR count). The molecule has 74 valence electrons. The third-order valence-corrected chi connectivity index (χ3v) is 3.79. The Labute approximate surface area is 82.4 Å². The zero-order valence-corrected chi connectivity index (χ0v) is 8.89. The fraction of sp³-hybridized carbons (Fsp3) is 0.846. The summed E-state index contributed by atoms with van der Waals surface area (Å²) in [5.74, 6) is 1.96. The van der Waals surface area contributed by atoms with E-state index in [9.17, 15) is 0 Å². The molecule has 0 aromatic rings. The van der Waals surface area contributed by atoms with Crippen molar-refractivity contribution in [2.24, 2.45) is 11.8 Å². The van der Waals surface area contributed by atoms with Gasteiger partial charge >= 0.3 is 0 Å². The summed E-state index contributed by atoms with van der Waals surface area (Å²) in [5, 5.41) is 0. The first-order valence-electron chi connectivity index (χ1n) is 6.05. The average Bonchev–Trinajstić information content (AvgIpc) is 2.19. The van der Waals surface area contributed by atoms with Crippen LogP contribution < -0.4 is 0 Å². The van der Waals surface area contributed by atoms with Gasteiger partial charge in [0, 0.05) is 0 Å². The zero-order valence-electron chi connectivity index (χ0n) is 8.89. The molecule has 13 heavy (non-hydrogen) atoms. The fourth-order valence-electron chi connectivity index (χ4n) is 3.00. The number of hydrogen-bond donors (Lipinski definition) is 0. The molecule has 0 aromatic heterocycles. The van der Waals surface area contributed by atoms with Crippen LogP contribution >= 0.6 is 0 Å².